The second-order valence-electron chi connectivity index (χ2n) is 5.00. The van der Waals surface area contributed by atoms with Crippen molar-refractivity contribution < 1.29 is 19.1 Å². The number of ether oxygens (including phenoxy) is 2. The largest absolute Gasteiger partial charge is 0.494 e. The summed E-state index contributed by atoms with van der Waals surface area (Å²) in [6.07, 6.45) is -0.910. The van der Waals surface area contributed by atoms with Gasteiger partial charge in [-0.1, -0.05) is 15.9 Å². The molecule has 0 fully saturated rings. The summed E-state index contributed by atoms with van der Waals surface area (Å²) in [5, 5.41) is 2.70. The highest BCUT2D eigenvalue weighted by Gasteiger charge is 2.19. The van der Waals surface area contributed by atoms with Crippen LogP contribution in [0, 0.1) is 0 Å². The molecule has 0 unspecified atom stereocenters. The van der Waals surface area contributed by atoms with Crippen molar-refractivity contribution >= 4 is 33.5 Å². The zero-order valence-corrected chi connectivity index (χ0v) is 15.0. The monoisotopic (exact) mass is 391 g/mol. The Morgan fingerprint density at radius 2 is 1.71 bits per heavy atom. The molecule has 1 atom stereocenters. The minimum Gasteiger partial charge on any atom is -0.494 e. The Balaban J connectivity index is 1.91. The van der Waals surface area contributed by atoms with Crippen LogP contribution < -0.4 is 10.1 Å². The molecule has 5 nitrogen and oxygen atoms in total. The Kier molecular flexibility index (Phi) is 6.37. The van der Waals surface area contributed by atoms with Gasteiger partial charge in [-0.2, -0.15) is 0 Å². The van der Waals surface area contributed by atoms with Gasteiger partial charge in [-0.15, -0.1) is 0 Å². The maximum absolute atomic E-state index is 12.1. The molecule has 0 saturated carbocycles. The molecule has 0 aliphatic heterocycles. The highest BCUT2D eigenvalue weighted by atomic mass is 79.9. The number of esters is 1. The predicted octanol–water partition coefficient (Wildman–Crippen LogP) is 4.03. The number of carbonyl (C=O) groups excluding carboxylic acids is 2. The highest BCUT2D eigenvalue weighted by Crippen LogP contribution is 2.16. The van der Waals surface area contributed by atoms with Crippen LogP contribution in [0.5, 0.6) is 5.75 Å². The van der Waals surface area contributed by atoms with E-state index < -0.39 is 18.0 Å². The molecule has 126 valence electrons. The average Bonchev–Trinajstić information content (AvgIpc) is 2.57. The van der Waals surface area contributed by atoms with E-state index in [9.17, 15) is 9.59 Å². The van der Waals surface area contributed by atoms with Crippen molar-refractivity contribution in [2.45, 2.75) is 20.0 Å². The van der Waals surface area contributed by atoms with Gasteiger partial charge in [-0.25, -0.2) is 4.79 Å². The molecule has 2 aromatic carbocycles. The lowest BCUT2D eigenvalue weighted by Gasteiger charge is -2.14. The number of carbonyl (C=O) groups is 2. The first-order chi connectivity index (χ1) is 11.5. The van der Waals surface area contributed by atoms with E-state index in [1.54, 1.807) is 48.5 Å². The first-order valence-corrected chi connectivity index (χ1v) is 8.29. The highest BCUT2D eigenvalue weighted by molar-refractivity contribution is 9.10. The standard InChI is InChI=1S/C18H18BrNO4/c1-3-23-16-10-8-15(9-11-16)20-17(21)12(2)24-18(22)13-4-6-14(19)7-5-13/h4-12H,3H2,1-2H3,(H,20,21)/t12-/m1/s1. The fourth-order valence-electron chi connectivity index (χ4n) is 1.91. The van der Waals surface area contributed by atoms with Gasteiger partial charge in [0.2, 0.25) is 0 Å². The predicted molar refractivity (Wildman–Crippen MR) is 95.3 cm³/mol. The molecule has 0 heterocycles. The molecule has 0 aromatic heterocycles. The van der Waals surface area contributed by atoms with Crippen molar-refractivity contribution in [2.75, 3.05) is 11.9 Å². The van der Waals surface area contributed by atoms with E-state index in [2.05, 4.69) is 21.2 Å². The smallest absolute Gasteiger partial charge is 0.338 e. The summed E-state index contributed by atoms with van der Waals surface area (Å²) in [4.78, 5) is 24.1. The van der Waals surface area contributed by atoms with Gasteiger partial charge in [0.25, 0.3) is 5.91 Å². The van der Waals surface area contributed by atoms with E-state index in [-0.39, 0.29) is 0 Å². The Morgan fingerprint density at radius 3 is 2.29 bits per heavy atom. The van der Waals surface area contributed by atoms with Gasteiger partial charge < -0.3 is 14.8 Å². The second-order valence-corrected chi connectivity index (χ2v) is 5.92. The summed E-state index contributed by atoms with van der Waals surface area (Å²) in [5.74, 6) is -0.216. The first-order valence-electron chi connectivity index (χ1n) is 7.50. The lowest BCUT2D eigenvalue weighted by Crippen LogP contribution is -2.29. The SMILES string of the molecule is CCOc1ccc(NC(=O)[C@@H](C)OC(=O)c2ccc(Br)cc2)cc1. The molecule has 0 radical (unpaired) electrons. The maximum atomic E-state index is 12.1. The molecular weight excluding hydrogens is 374 g/mol. The average molecular weight is 392 g/mol. The van der Waals surface area contributed by atoms with Crippen LogP contribution in [0.1, 0.15) is 24.2 Å². The van der Waals surface area contributed by atoms with Gasteiger partial charge in [-0.05, 0) is 62.4 Å². The van der Waals surface area contributed by atoms with Crippen molar-refractivity contribution in [3.8, 4) is 5.75 Å². The number of anilines is 1. The lowest BCUT2D eigenvalue weighted by molar-refractivity contribution is -0.123. The summed E-state index contributed by atoms with van der Waals surface area (Å²) in [6, 6.07) is 13.7. The molecular formula is C18H18BrNO4. The van der Waals surface area contributed by atoms with Crippen LogP contribution >= 0.6 is 15.9 Å². The Hall–Kier alpha value is -2.34. The van der Waals surface area contributed by atoms with Crippen molar-refractivity contribution in [2.24, 2.45) is 0 Å². The van der Waals surface area contributed by atoms with Gasteiger partial charge in [-0.3, -0.25) is 4.79 Å². The molecule has 2 rings (SSSR count). The minimum atomic E-state index is -0.910. The Labute approximate surface area is 149 Å². The molecule has 0 aliphatic rings. The van der Waals surface area contributed by atoms with E-state index >= 15 is 0 Å². The minimum absolute atomic E-state index is 0.388. The Morgan fingerprint density at radius 1 is 1.08 bits per heavy atom. The van der Waals surface area contributed by atoms with E-state index in [1.807, 2.05) is 6.92 Å². The van der Waals surface area contributed by atoms with E-state index in [0.29, 0.717) is 17.9 Å². The van der Waals surface area contributed by atoms with Crippen LogP contribution in [-0.2, 0) is 9.53 Å². The molecule has 0 aliphatic carbocycles. The molecule has 1 N–H and O–H groups in total. The van der Waals surface area contributed by atoms with E-state index in [1.165, 1.54) is 6.92 Å². The van der Waals surface area contributed by atoms with Crippen LogP contribution in [0.3, 0.4) is 0 Å². The number of nitrogens with one attached hydrogen (secondary N) is 1. The quantitative estimate of drug-likeness (QED) is 0.754. The zero-order valence-electron chi connectivity index (χ0n) is 13.4. The van der Waals surface area contributed by atoms with Crippen LogP contribution in [0.25, 0.3) is 0 Å². The normalized spacial score (nSPS) is 11.5. The zero-order chi connectivity index (χ0) is 17.5. The fourth-order valence-corrected chi connectivity index (χ4v) is 2.18. The van der Waals surface area contributed by atoms with Crippen LogP contribution in [0.4, 0.5) is 5.69 Å². The number of halogens is 1. The van der Waals surface area contributed by atoms with Crippen LogP contribution in [0.2, 0.25) is 0 Å². The summed E-state index contributed by atoms with van der Waals surface area (Å²) in [6.45, 7) is 4.01. The maximum Gasteiger partial charge on any atom is 0.338 e. The Bertz CT molecular complexity index is 698. The number of amides is 1. The summed E-state index contributed by atoms with van der Waals surface area (Å²) in [7, 11) is 0. The van der Waals surface area contributed by atoms with Crippen molar-refractivity contribution in [1.82, 2.24) is 0 Å². The molecule has 2 aromatic rings. The number of hydrogen-bond donors (Lipinski definition) is 1. The van der Waals surface area contributed by atoms with E-state index in [4.69, 9.17) is 9.47 Å². The van der Waals surface area contributed by atoms with Gasteiger partial charge in [0.15, 0.2) is 6.10 Å². The van der Waals surface area contributed by atoms with Crippen molar-refractivity contribution in [3.63, 3.8) is 0 Å². The molecule has 24 heavy (non-hydrogen) atoms. The van der Waals surface area contributed by atoms with Gasteiger partial charge in [0, 0.05) is 10.2 Å². The second kappa shape index (κ2) is 8.49. The third-order valence-corrected chi connectivity index (χ3v) is 3.69. The van der Waals surface area contributed by atoms with Crippen LogP contribution in [0.15, 0.2) is 53.0 Å². The van der Waals surface area contributed by atoms with Gasteiger partial charge in [0.1, 0.15) is 5.75 Å². The van der Waals surface area contributed by atoms with Gasteiger partial charge >= 0.3 is 5.97 Å². The summed E-state index contributed by atoms with van der Waals surface area (Å²) >= 11 is 3.30. The lowest BCUT2D eigenvalue weighted by atomic mass is 10.2. The number of benzene rings is 2. The molecule has 0 bridgehead atoms. The van der Waals surface area contributed by atoms with Crippen LogP contribution in [-0.4, -0.2) is 24.6 Å². The van der Waals surface area contributed by atoms with E-state index in [0.717, 1.165) is 10.2 Å². The summed E-state index contributed by atoms with van der Waals surface area (Å²) in [5.41, 5.74) is 0.994. The number of hydrogen-bond acceptors (Lipinski definition) is 4. The third-order valence-electron chi connectivity index (χ3n) is 3.17. The van der Waals surface area contributed by atoms with Gasteiger partial charge in [0.05, 0.1) is 12.2 Å². The topological polar surface area (TPSA) is 64.6 Å². The molecule has 6 heteroatoms. The fraction of sp³-hybridized carbons (Fsp3) is 0.222. The molecule has 0 spiro atoms. The van der Waals surface area contributed by atoms with Crippen molar-refractivity contribution in [1.29, 1.82) is 0 Å². The van der Waals surface area contributed by atoms with Crippen molar-refractivity contribution in [3.05, 3.63) is 58.6 Å². The summed E-state index contributed by atoms with van der Waals surface area (Å²) < 4.78 is 11.4. The third kappa shape index (κ3) is 5.09. The molecule has 0 saturated heterocycles. The number of rotatable bonds is 6. The molecule has 1 amide bonds. The first kappa shape index (κ1) is 18.0.